The van der Waals surface area contributed by atoms with Gasteiger partial charge in [-0.25, -0.2) is 4.98 Å². The molecule has 2 aromatic rings. The molecule has 5 nitrogen and oxygen atoms in total. The number of carbonyl (C=O) groups excluding carboxylic acids is 1. The number of aryl methyl sites for hydroxylation is 1. The summed E-state index contributed by atoms with van der Waals surface area (Å²) in [5, 5.41) is 2.13. The van der Waals surface area contributed by atoms with Crippen LogP contribution in [0.2, 0.25) is 0 Å². The first-order chi connectivity index (χ1) is 11.7. The maximum absolute atomic E-state index is 12.1. The molecule has 0 aromatic carbocycles. The van der Waals surface area contributed by atoms with E-state index in [0.29, 0.717) is 12.4 Å². The van der Waals surface area contributed by atoms with Crippen LogP contribution in [0.4, 0.5) is 0 Å². The standard InChI is InChI=1S/C18H25N3O2S/c1-3-16-11-19-18(23-16)13-21(14(2)22)15-6-8-20(12-15)9-7-17-5-4-10-24-17/h4-5,10-11,15H,3,6-9,12-13H2,1-2H3/t15-/m1/s1. The molecular formula is C18H25N3O2S. The molecule has 3 heterocycles. The van der Waals surface area contributed by atoms with Gasteiger partial charge in [0, 0.05) is 43.9 Å². The lowest BCUT2D eigenvalue weighted by molar-refractivity contribution is -0.132. The largest absolute Gasteiger partial charge is 0.444 e. The molecule has 1 amide bonds. The summed E-state index contributed by atoms with van der Waals surface area (Å²) in [6, 6.07) is 4.54. The van der Waals surface area contributed by atoms with Gasteiger partial charge in [0.25, 0.3) is 0 Å². The second-order valence-corrected chi connectivity index (χ2v) is 7.33. The van der Waals surface area contributed by atoms with Gasteiger partial charge in [0.05, 0.1) is 12.7 Å². The fourth-order valence-corrected chi connectivity index (χ4v) is 3.92. The van der Waals surface area contributed by atoms with E-state index >= 15 is 0 Å². The van der Waals surface area contributed by atoms with Gasteiger partial charge >= 0.3 is 0 Å². The van der Waals surface area contributed by atoms with Crippen LogP contribution in [0.5, 0.6) is 0 Å². The zero-order valence-corrected chi connectivity index (χ0v) is 15.2. The molecule has 3 rings (SSSR count). The maximum Gasteiger partial charge on any atom is 0.220 e. The SMILES string of the molecule is CCc1cnc(CN(C(C)=O)[C@@H]2CCN(CCc3cccs3)C2)o1. The lowest BCUT2D eigenvalue weighted by atomic mass is 10.2. The average Bonchev–Trinajstić information content (AvgIpc) is 3.31. The van der Waals surface area contributed by atoms with Gasteiger partial charge in [0.1, 0.15) is 5.76 Å². The molecular weight excluding hydrogens is 322 g/mol. The molecule has 0 saturated carbocycles. The van der Waals surface area contributed by atoms with Gasteiger partial charge in [-0.2, -0.15) is 0 Å². The topological polar surface area (TPSA) is 49.6 Å². The molecule has 0 N–H and O–H groups in total. The number of carbonyl (C=O) groups is 1. The van der Waals surface area contributed by atoms with Crippen LogP contribution >= 0.6 is 11.3 Å². The van der Waals surface area contributed by atoms with Crippen molar-refractivity contribution in [2.45, 2.75) is 45.7 Å². The van der Waals surface area contributed by atoms with Gasteiger partial charge in [-0.15, -0.1) is 11.3 Å². The van der Waals surface area contributed by atoms with E-state index in [4.69, 9.17) is 4.42 Å². The second-order valence-electron chi connectivity index (χ2n) is 6.29. The smallest absolute Gasteiger partial charge is 0.220 e. The van der Waals surface area contributed by atoms with Crippen molar-refractivity contribution in [3.05, 3.63) is 40.2 Å². The fourth-order valence-electron chi connectivity index (χ4n) is 3.22. The van der Waals surface area contributed by atoms with Crippen LogP contribution in [0.15, 0.2) is 28.1 Å². The van der Waals surface area contributed by atoms with Gasteiger partial charge in [-0.1, -0.05) is 13.0 Å². The van der Waals surface area contributed by atoms with Crippen molar-refractivity contribution in [1.82, 2.24) is 14.8 Å². The number of rotatable bonds is 7. The summed E-state index contributed by atoms with van der Waals surface area (Å²) in [7, 11) is 0. The maximum atomic E-state index is 12.1. The van der Waals surface area contributed by atoms with Crippen molar-refractivity contribution in [3.8, 4) is 0 Å². The Bertz CT molecular complexity index is 653. The molecule has 130 valence electrons. The third-order valence-corrected chi connectivity index (χ3v) is 5.54. The number of thiophene rings is 1. The molecule has 0 bridgehead atoms. The molecule has 1 aliphatic heterocycles. The molecule has 0 spiro atoms. The summed E-state index contributed by atoms with van der Waals surface area (Å²) in [4.78, 5) is 22.2. The lowest BCUT2D eigenvalue weighted by Crippen LogP contribution is -2.40. The summed E-state index contributed by atoms with van der Waals surface area (Å²) in [5.41, 5.74) is 0. The first kappa shape index (κ1) is 17.2. The number of likely N-dealkylation sites (tertiary alicyclic amines) is 1. The highest BCUT2D eigenvalue weighted by Gasteiger charge is 2.30. The first-order valence-electron chi connectivity index (χ1n) is 8.61. The Kier molecular flexibility index (Phi) is 5.68. The molecule has 24 heavy (non-hydrogen) atoms. The number of nitrogens with zero attached hydrogens (tertiary/aromatic N) is 3. The third kappa shape index (κ3) is 4.24. The molecule has 0 radical (unpaired) electrons. The van der Waals surface area contributed by atoms with Crippen LogP contribution in [-0.4, -0.2) is 46.4 Å². The summed E-state index contributed by atoms with van der Waals surface area (Å²) in [6.07, 6.45) is 4.69. The van der Waals surface area contributed by atoms with E-state index in [2.05, 4.69) is 27.4 Å². The minimum Gasteiger partial charge on any atom is -0.444 e. The minimum atomic E-state index is 0.0938. The highest BCUT2D eigenvalue weighted by molar-refractivity contribution is 7.09. The van der Waals surface area contributed by atoms with Crippen molar-refractivity contribution in [3.63, 3.8) is 0 Å². The van der Waals surface area contributed by atoms with Crippen molar-refractivity contribution >= 4 is 17.2 Å². The molecule has 1 atom stereocenters. The summed E-state index contributed by atoms with van der Waals surface area (Å²) in [5.74, 6) is 1.60. The van der Waals surface area contributed by atoms with Crippen molar-refractivity contribution in [2.24, 2.45) is 0 Å². The molecule has 1 fully saturated rings. The Morgan fingerprint density at radius 3 is 3.08 bits per heavy atom. The molecule has 0 aliphatic carbocycles. The summed E-state index contributed by atoms with van der Waals surface area (Å²) < 4.78 is 5.68. The number of amides is 1. The average molecular weight is 347 g/mol. The Morgan fingerprint density at radius 1 is 1.54 bits per heavy atom. The molecule has 2 aromatic heterocycles. The number of hydrogen-bond donors (Lipinski definition) is 0. The van der Waals surface area contributed by atoms with Crippen LogP contribution in [-0.2, 0) is 24.2 Å². The van der Waals surface area contributed by atoms with Gasteiger partial charge < -0.3 is 14.2 Å². The van der Waals surface area contributed by atoms with Crippen LogP contribution in [0.25, 0.3) is 0 Å². The number of hydrogen-bond acceptors (Lipinski definition) is 5. The fraction of sp³-hybridized carbons (Fsp3) is 0.556. The van der Waals surface area contributed by atoms with E-state index in [1.54, 1.807) is 13.1 Å². The third-order valence-electron chi connectivity index (χ3n) is 4.60. The monoisotopic (exact) mass is 347 g/mol. The predicted molar refractivity (Wildman–Crippen MR) is 95.0 cm³/mol. The Balaban J connectivity index is 1.55. The minimum absolute atomic E-state index is 0.0938. The predicted octanol–water partition coefficient (Wildman–Crippen LogP) is 2.96. The van der Waals surface area contributed by atoms with Crippen LogP contribution in [0.1, 0.15) is 36.8 Å². The molecule has 6 heteroatoms. The van der Waals surface area contributed by atoms with Gasteiger partial charge in [0.15, 0.2) is 0 Å². The Hall–Kier alpha value is -1.66. The number of aromatic nitrogens is 1. The quantitative estimate of drug-likeness (QED) is 0.773. The summed E-state index contributed by atoms with van der Waals surface area (Å²) in [6.45, 7) is 7.19. The normalized spacial score (nSPS) is 18.2. The van der Waals surface area contributed by atoms with Gasteiger partial charge in [-0.05, 0) is 24.3 Å². The van der Waals surface area contributed by atoms with E-state index < -0.39 is 0 Å². The molecule has 1 aliphatic rings. The highest BCUT2D eigenvalue weighted by Crippen LogP contribution is 2.20. The van der Waals surface area contributed by atoms with Crippen LogP contribution in [0, 0.1) is 0 Å². The zero-order valence-electron chi connectivity index (χ0n) is 14.4. The van der Waals surface area contributed by atoms with Crippen molar-refractivity contribution < 1.29 is 9.21 Å². The molecule has 0 unspecified atom stereocenters. The van der Waals surface area contributed by atoms with Crippen LogP contribution < -0.4 is 0 Å². The lowest BCUT2D eigenvalue weighted by Gasteiger charge is -2.27. The van der Waals surface area contributed by atoms with Crippen LogP contribution in [0.3, 0.4) is 0 Å². The Morgan fingerprint density at radius 2 is 2.42 bits per heavy atom. The Labute approximate surface area is 147 Å². The number of oxazole rings is 1. The van der Waals surface area contributed by atoms with E-state index in [1.807, 2.05) is 23.2 Å². The zero-order chi connectivity index (χ0) is 16.9. The van der Waals surface area contributed by atoms with Crippen molar-refractivity contribution in [1.29, 1.82) is 0 Å². The summed E-state index contributed by atoms with van der Waals surface area (Å²) >= 11 is 1.81. The van der Waals surface area contributed by atoms with E-state index in [1.165, 1.54) is 4.88 Å². The van der Waals surface area contributed by atoms with E-state index in [9.17, 15) is 4.79 Å². The highest BCUT2D eigenvalue weighted by atomic mass is 32.1. The van der Waals surface area contributed by atoms with Gasteiger partial charge in [0.2, 0.25) is 11.8 Å². The van der Waals surface area contributed by atoms with E-state index in [0.717, 1.165) is 44.7 Å². The van der Waals surface area contributed by atoms with Crippen molar-refractivity contribution in [2.75, 3.05) is 19.6 Å². The molecule has 1 saturated heterocycles. The van der Waals surface area contributed by atoms with E-state index in [-0.39, 0.29) is 11.9 Å². The van der Waals surface area contributed by atoms with Gasteiger partial charge in [-0.3, -0.25) is 4.79 Å². The first-order valence-corrected chi connectivity index (χ1v) is 9.49. The second kappa shape index (κ2) is 7.94.